The van der Waals surface area contributed by atoms with Crippen LogP contribution in [0.4, 0.5) is 0 Å². The Kier molecular flexibility index (Phi) is 4.75. The number of rotatable bonds is 6. The summed E-state index contributed by atoms with van der Waals surface area (Å²) < 4.78 is 0. The molecule has 2 N–H and O–H groups in total. The van der Waals surface area contributed by atoms with Crippen molar-refractivity contribution in [2.45, 2.75) is 57.4 Å². The molecule has 1 heterocycles. The van der Waals surface area contributed by atoms with Crippen molar-refractivity contribution < 1.29 is 14.7 Å². The summed E-state index contributed by atoms with van der Waals surface area (Å²) in [5.74, 6) is -0.977. The average Bonchev–Trinajstić information content (AvgIpc) is 2.98. The number of nitrogens with zero attached hydrogens (tertiary/aromatic N) is 1. The zero-order valence-corrected chi connectivity index (χ0v) is 12.5. The van der Waals surface area contributed by atoms with E-state index < -0.39 is 11.5 Å². The van der Waals surface area contributed by atoms with Crippen molar-refractivity contribution in [3.63, 3.8) is 0 Å². The SMILES string of the molecule is CCc1nc(CC(=O)NC2(CC(=O)O)CCCC2)cs1. The Labute approximate surface area is 122 Å². The molecule has 0 aromatic carbocycles. The lowest BCUT2D eigenvalue weighted by Gasteiger charge is -2.28. The fourth-order valence-electron chi connectivity index (χ4n) is 2.78. The molecule has 1 aromatic rings. The molecule has 6 heteroatoms. The van der Waals surface area contributed by atoms with Gasteiger partial charge >= 0.3 is 5.97 Å². The van der Waals surface area contributed by atoms with Crippen LogP contribution in [0.5, 0.6) is 0 Å². The first kappa shape index (κ1) is 15.0. The zero-order chi connectivity index (χ0) is 14.6. The van der Waals surface area contributed by atoms with Crippen LogP contribution in [0, 0.1) is 0 Å². The molecule has 1 aromatic heterocycles. The van der Waals surface area contributed by atoms with Crippen LogP contribution in [-0.4, -0.2) is 27.5 Å². The third-order valence-corrected chi connectivity index (χ3v) is 4.74. The number of aliphatic carboxylic acids is 1. The van der Waals surface area contributed by atoms with E-state index in [-0.39, 0.29) is 18.7 Å². The maximum atomic E-state index is 12.1. The Morgan fingerprint density at radius 1 is 1.45 bits per heavy atom. The monoisotopic (exact) mass is 296 g/mol. The van der Waals surface area contributed by atoms with Crippen LogP contribution in [0.25, 0.3) is 0 Å². The number of hydrogen-bond donors (Lipinski definition) is 2. The minimum absolute atomic E-state index is 0.00994. The Morgan fingerprint density at radius 3 is 2.70 bits per heavy atom. The molecule has 0 radical (unpaired) electrons. The molecule has 1 fully saturated rings. The number of carboxylic acids is 1. The second-order valence-electron chi connectivity index (χ2n) is 5.37. The number of carbonyl (C=O) groups is 2. The molecule has 0 aliphatic heterocycles. The summed E-state index contributed by atoms with van der Waals surface area (Å²) in [7, 11) is 0. The largest absolute Gasteiger partial charge is 0.481 e. The summed E-state index contributed by atoms with van der Waals surface area (Å²) in [4.78, 5) is 27.5. The third-order valence-electron chi connectivity index (χ3n) is 3.70. The van der Waals surface area contributed by atoms with E-state index >= 15 is 0 Å². The highest BCUT2D eigenvalue weighted by molar-refractivity contribution is 7.09. The highest BCUT2D eigenvalue weighted by atomic mass is 32.1. The standard InChI is InChI=1S/C14H20N2O3S/c1-2-12-15-10(9-20-12)7-11(17)16-14(8-13(18)19)5-3-4-6-14/h9H,2-8H2,1H3,(H,16,17)(H,18,19). The van der Waals surface area contributed by atoms with Crippen molar-refractivity contribution in [1.29, 1.82) is 0 Å². The fraction of sp³-hybridized carbons (Fsp3) is 0.643. The topological polar surface area (TPSA) is 79.3 Å². The number of hydrogen-bond acceptors (Lipinski definition) is 4. The van der Waals surface area contributed by atoms with Gasteiger partial charge in [0.2, 0.25) is 5.91 Å². The molecule has 1 aliphatic rings. The molecular formula is C14H20N2O3S. The molecular weight excluding hydrogens is 276 g/mol. The molecule has 5 nitrogen and oxygen atoms in total. The van der Waals surface area contributed by atoms with E-state index in [9.17, 15) is 9.59 Å². The van der Waals surface area contributed by atoms with E-state index in [1.54, 1.807) is 11.3 Å². The van der Waals surface area contributed by atoms with Gasteiger partial charge in [0, 0.05) is 5.38 Å². The van der Waals surface area contributed by atoms with E-state index in [1.807, 2.05) is 12.3 Å². The summed E-state index contributed by atoms with van der Waals surface area (Å²) in [5, 5.41) is 14.9. The molecule has 1 saturated carbocycles. The highest BCUT2D eigenvalue weighted by Gasteiger charge is 2.37. The van der Waals surface area contributed by atoms with E-state index in [4.69, 9.17) is 5.11 Å². The second-order valence-corrected chi connectivity index (χ2v) is 6.31. The maximum Gasteiger partial charge on any atom is 0.305 e. The first-order chi connectivity index (χ1) is 9.53. The van der Waals surface area contributed by atoms with Gasteiger partial charge in [-0.25, -0.2) is 4.98 Å². The molecule has 1 aliphatic carbocycles. The fourth-order valence-corrected chi connectivity index (χ4v) is 3.53. The normalized spacial score (nSPS) is 17.1. The Hall–Kier alpha value is -1.43. The van der Waals surface area contributed by atoms with Gasteiger partial charge in [-0.2, -0.15) is 0 Å². The molecule has 1 amide bonds. The van der Waals surface area contributed by atoms with Gasteiger partial charge in [-0.1, -0.05) is 19.8 Å². The number of thiazole rings is 1. The van der Waals surface area contributed by atoms with Crippen LogP contribution in [0.3, 0.4) is 0 Å². The molecule has 0 bridgehead atoms. The van der Waals surface area contributed by atoms with Gasteiger partial charge in [-0.15, -0.1) is 11.3 Å². The zero-order valence-electron chi connectivity index (χ0n) is 11.6. The van der Waals surface area contributed by atoms with Crippen molar-refractivity contribution in [2.75, 3.05) is 0 Å². The van der Waals surface area contributed by atoms with E-state index in [0.717, 1.165) is 42.8 Å². The molecule has 2 rings (SSSR count). The molecule has 0 spiro atoms. The number of carboxylic acid groups (broad SMARTS) is 1. The van der Waals surface area contributed by atoms with Gasteiger partial charge in [0.25, 0.3) is 0 Å². The number of carbonyl (C=O) groups excluding carboxylic acids is 1. The Balaban J connectivity index is 1.96. The highest BCUT2D eigenvalue weighted by Crippen LogP contribution is 2.32. The first-order valence-corrected chi connectivity index (χ1v) is 7.87. The second kappa shape index (κ2) is 6.35. The quantitative estimate of drug-likeness (QED) is 0.843. The summed E-state index contributed by atoms with van der Waals surface area (Å²) in [6.45, 7) is 2.03. The van der Waals surface area contributed by atoms with E-state index in [0.29, 0.717) is 0 Å². The Bertz CT molecular complexity index is 492. The molecule has 0 saturated heterocycles. The Morgan fingerprint density at radius 2 is 2.15 bits per heavy atom. The molecule has 110 valence electrons. The summed E-state index contributed by atoms with van der Waals surface area (Å²) in [6, 6.07) is 0. The van der Waals surface area contributed by atoms with Crippen molar-refractivity contribution in [1.82, 2.24) is 10.3 Å². The van der Waals surface area contributed by atoms with Gasteiger partial charge in [0.05, 0.1) is 29.1 Å². The van der Waals surface area contributed by atoms with E-state index in [2.05, 4.69) is 10.3 Å². The van der Waals surface area contributed by atoms with Crippen LogP contribution in [0.1, 0.15) is 49.7 Å². The number of aryl methyl sites for hydroxylation is 1. The lowest BCUT2D eigenvalue weighted by atomic mass is 9.93. The van der Waals surface area contributed by atoms with Crippen molar-refractivity contribution >= 4 is 23.2 Å². The molecule has 20 heavy (non-hydrogen) atoms. The van der Waals surface area contributed by atoms with Gasteiger partial charge in [0.15, 0.2) is 0 Å². The minimum atomic E-state index is -0.853. The van der Waals surface area contributed by atoms with Crippen LogP contribution >= 0.6 is 11.3 Å². The predicted octanol–water partition coefficient (Wildman–Crippen LogP) is 2.15. The van der Waals surface area contributed by atoms with Crippen molar-refractivity contribution in [2.24, 2.45) is 0 Å². The predicted molar refractivity (Wildman–Crippen MR) is 76.8 cm³/mol. The average molecular weight is 296 g/mol. The van der Waals surface area contributed by atoms with E-state index in [1.165, 1.54) is 0 Å². The minimum Gasteiger partial charge on any atom is -0.481 e. The lowest BCUT2D eigenvalue weighted by molar-refractivity contribution is -0.139. The van der Waals surface area contributed by atoms with Gasteiger partial charge < -0.3 is 10.4 Å². The van der Waals surface area contributed by atoms with Crippen LogP contribution in [-0.2, 0) is 22.4 Å². The number of aromatic nitrogens is 1. The van der Waals surface area contributed by atoms with Crippen LogP contribution < -0.4 is 5.32 Å². The lowest BCUT2D eigenvalue weighted by Crippen LogP contribution is -2.48. The van der Waals surface area contributed by atoms with Crippen molar-refractivity contribution in [3.05, 3.63) is 16.1 Å². The first-order valence-electron chi connectivity index (χ1n) is 6.99. The van der Waals surface area contributed by atoms with Gasteiger partial charge in [-0.3, -0.25) is 9.59 Å². The smallest absolute Gasteiger partial charge is 0.305 e. The third kappa shape index (κ3) is 3.79. The van der Waals surface area contributed by atoms with Crippen molar-refractivity contribution in [3.8, 4) is 0 Å². The van der Waals surface area contributed by atoms with Crippen LogP contribution in [0.2, 0.25) is 0 Å². The number of amides is 1. The maximum absolute atomic E-state index is 12.1. The van der Waals surface area contributed by atoms with Gasteiger partial charge in [0.1, 0.15) is 0 Å². The molecule has 0 unspecified atom stereocenters. The van der Waals surface area contributed by atoms with Crippen LogP contribution in [0.15, 0.2) is 5.38 Å². The summed E-state index contributed by atoms with van der Waals surface area (Å²) >= 11 is 1.56. The summed E-state index contributed by atoms with van der Waals surface area (Å²) in [6.07, 6.45) is 4.57. The molecule has 0 atom stereocenters. The van der Waals surface area contributed by atoms with Gasteiger partial charge in [-0.05, 0) is 19.3 Å². The number of nitrogens with one attached hydrogen (secondary N) is 1. The summed E-state index contributed by atoms with van der Waals surface area (Å²) in [5.41, 5.74) is 0.222.